The van der Waals surface area contributed by atoms with Gasteiger partial charge in [0.2, 0.25) is 0 Å². The van der Waals surface area contributed by atoms with Gasteiger partial charge in [-0.2, -0.15) is 0 Å². The van der Waals surface area contributed by atoms with Gasteiger partial charge in [-0.15, -0.1) is 0 Å². The predicted molar refractivity (Wildman–Crippen MR) is 52.8 cm³/mol. The molecule has 0 spiro atoms. The van der Waals surface area contributed by atoms with Gasteiger partial charge in [0.1, 0.15) is 0 Å². The van der Waals surface area contributed by atoms with Crippen molar-refractivity contribution in [3.05, 3.63) is 35.7 Å². The van der Waals surface area contributed by atoms with Crippen LogP contribution in [0.15, 0.2) is 30.1 Å². The minimum Gasteiger partial charge on any atom is -0.264 e. The van der Waals surface area contributed by atoms with Gasteiger partial charge in [-0.25, -0.2) is 0 Å². The van der Waals surface area contributed by atoms with Crippen molar-refractivity contribution in [1.29, 1.82) is 0 Å². The second kappa shape index (κ2) is 4.05. The fraction of sp³-hybridized carbons (Fsp3) is 0.364. The summed E-state index contributed by atoms with van der Waals surface area (Å²) >= 11 is 0. The molecule has 0 aromatic carbocycles. The van der Waals surface area contributed by atoms with E-state index in [4.69, 9.17) is 0 Å². The lowest BCUT2D eigenvalue weighted by molar-refractivity contribution is 1.18. The van der Waals surface area contributed by atoms with Crippen LogP contribution in [-0.4, -0.2) is 4.98 Å². The molecule has 64 valence electrons. The van der Waals surface area contributed by atoms with Crippen LogP contribution >= 0.6 is 0 Å². The molecule has 1 nitrogen and oxygen atoms in total. The lowest BCUT2D eigenvalue weighted by Gasteiger charge is -2.05. The van der Waals surface area contributed by atoms with Gasteiger partial charge in [-0.3, -0.25) is 4.98 Å². The Labute approximate surface area is 74.2 Å². The topological polar surface area (TPSA) is 12.9 Å². The SMILES string of the molecule is CCC(=C(C)C)c1cccnc1. The van der Waals surface area contributed by atoms with Crippen LogP contribution in [0.25, 0.3) is 5.57 Å². The van der Waals surface area contributed by atoms with Crippen LogP contribution in [0.1, 0.15) is 32.8 Å². The molecule has 0 N–H and O–H groups in total. The molecule has 0 fully saturated rings. The van der Waals surface area contributed by atoms with Crippen LogP contribution < -0.4 is 0 Å². The van der Waals surface area contributed by atoms with Crippen molar-refractivity contribution >= 4 is 5.57 Å². The second-order valence-corrected chi connectivity index (χ2v) is 3.07. The summed E-state index contributed by atoms with van der Waals surface area (Å²) in [5.41, 5.74) is 4.04. The Bertz CT molecular complexity index is 268. The molecule has 1 aromatic rings. The molecule has 0 unspecified atom stereocenters. The highest BCUT2D eigenvalue weighted by Crippen LogP contribution is 2.20. The Morgan fingerprint density at radius 2 is 2.17 bits per heavy atom. The summed E-state index contributed by atoms with van der Waals surface area (Å²) in [6.07, 6.45) is 4.81. The molecule has 0 saturated carbocycles. The monoisotopic (exact) mass is 161 g/mol. The van der Waals surface area contributed by atoms with Gasteiger partial charge in [0.05, 0.1) is 0 Å². The van der Waals surface area contributed by atoms with Crippen molar-refractivity contribution in [3.63, 3.8) is 0 Å². The van der Waals surface area contributed by atoms with Crippen molar-refractivity contribution < 1.29 is 0 Å². The number of allylic oxidation sites excluding steroid dienone is 2. The molecule has 12 heavy (non-hydrogen) atoms. The minimum absolute atomic E-state index is 1.08. The van der Waals surface area contributed by atoms with E-state index >= 15 is 0 Å². The first-order valence-electron chi connectivity index (χ1n) is 4.32. The molecule has 0 atom stereocenters. The van der Waals surface area contributed by atoms with Gasteiger partial charge >= 0.3 is 0 Å². The fourth-order valence-corrected chi connectivity index (χ4v) is 1.39. The lowest BCUT2D eigenvalue weighted by atomic mass is 10.0. The number of aromatic nitrogens is 1. The summed E-state index contributed by atoms with van der Waals surface area (Å²) in [5.74, 6) is 0. The van der Waals surface area contributed by atoms with E-state index in [-0.39, 0.29) is 0 Å². The average Bonchev–Trinajstić information content (AvgIpc) is 2.07. The van der Waals surface area contributed by atoms with E-state index in [0.717, 1.165) is 6.42 Å². The van der Waals surface area contributed by atoms with Gasteiger partial charge in [0.15, 0.2) is 0 Å². The van der Waals surface area contributed by atoms with Crippen molar-refractivity contribution in [2.24, 2.45) is 0 Å². The summed E-state index contributed by atoms with van der Waals surface area (Å²) in [5, 5.41) is 0. The normalized spacial score (nSPS) is 9.58. The molecule has 0 bridgehead atoms. The molecule has 0 aliphatic rings. The van der Waals surface area contributed by atoms with Crippen LogP contribution in [0.5, 0.6) is 0 Å². The number of nitrogens with zero attached hydrogens (tertiary/aromatic N) is 1. The zero-order chi connectivity index (χ0) is 8.97. The molecule has 1 heterocycles. The molecule has 0 saturated heterocycles. The molecule has 0 radical (unpaired) electrons. The van der Waals surface area contributed by atoms with Crippen LogP contribution in [-0.2, 0) is 0 Å². The molecule has 0 amide bonds. The molecule has 1 aromatic heterocycles. The van der Waals surface area contributed by atoms with Gasteiger partial charge in [0, 0.05) is 12.4 Å². The van der Waals surface area contributed by atoms with Gasteiger partial charge in [-0.1, -0.05) is 18.6 Å². The Hall–Kier alpha value is -1.11. The number of rotatable bonds is 2. The Kier molecular flexibility index (Phi) is 3.03. The Morgan fingerprint density at radius 3 is 2.58 bits per heavy atom. The van der Waals surface area contributed by atoms with E-state index < -0.39 is 0 Å². The fourth-order valence-electron chi connectivity index (χ4n) is 1.39. The maximum Gasteiger partial charge on any atom is 0.0343 e. The van der Waals surface area contributed by atoms with Crippen LogP contribution in [0.2, 0.25) is 0 Å². The Balaban J connectivity index is 3.05. The van der Waals surface area contributed by atoms with Gasteiger partial charge in [0.25, 0.3) is 0 Å². The summed E-state index contributed by atoms with van der Waals surface area (Å²) < 4.78 is 0. The second-order valence-electron chi connectivity index (χ2n) is 3.07. The number of hydrogen-bond donors (Lipinski definition) is 0. The zero-order valence-electron chi connectivity index (χ0n) is 7.96. The summed E-state index contributed by atoms with van der Waals surface area (Å²) in [6.45, 7) is 6.47. The van der Waals surface area contributed by atoms with Gasteiger partial charge < -0.3 is 0 Å². The highest BCUT2D eigenvalue weighted by Gasteiger charge is 1.99. The molecule has 0 aliphatic heterocycles. The van der Waals surface area contributed by atoms with Crippen molar-refractivity contribution in [2.75, 3.05) is 0 Å². The third kappa shape index (κ3) is 1.94. The highest BCUT2D eigenvalue weighted by atomic mass is 14.6. The first-order valence-corrected chi connectivity index (χ1v) is 4.32. The van der Waals surface area contributed by atoms with Gasteiger partial charge in [-0.05, 0) is 37.5 Å². The third-order valence-corrected chi connectivity index (χ3v) is 1.97. The standard InChI is InChI=1S/C11H15N/c1-4-11(9(2)3)10-6-5-7-12-8-10/h5-8H,4H2,1-3H3. The first-order chi connectivity index (χ1) is 5.75. The smallest absolute Gasteiger partial charge is 0.0343 e. The first kappa shape index (κ1) is 8.98. The maximum absolute atomic E-state index is 4.10. The number of hydrogen-bond acceptors (Lipinski definition) is 1. The summed E-state index contributed by atoms with van der Waals surface area (Å²) in [7, 11) is 0. The average molecular weight is 161 g/mol. The highest BCUT2D eigenvalue weighted by molar-refractivity contribution is 5.66. The van der Waals surface area contributed by atoms with E-state index in [9.17, 15) is 0 Å². The Morgan fingerprint density at radius 1 is 1.42 bits per heavy atom. The van der Waals surface area contributed by atoms with Crippen LogP contribution in [0.4, 0.5) is 0 Å². The van der Waals surface area contributed by atoms with Crippen LogP contribution in [0, 0.1) is 0 Å². The molecular weight excluding hydrogens is 146 g/mol. The van der Waals surface area contributed by atoms with Crippen molar-refractivity contribution in [3.8, 4) is 0 Å². The molecule has 0 aliphatic carbocycles. The summed E-state index contributed by atoms with van der Waals surface area (Å²) in [4.78, 5) is 4.10. The molecule has 1 heteroatoms. The van der Waals surface area contributed by atoms with E-state index in [1.54, 1.807) is 0 Å². The van der Waals surface area contributed by atoms with Crippen LogP contribution in [0.3, 0.4) is 0 Å². The quantitative estimate of drug-likeness (QED) is 0.648. The summed E-state index contributed by atoms with van der Waals surface area (Å²) in [6, 6.07) is 4.09. The molecular formula is C11H15N. The molecule has 1 rings (SSSR count). The van der Waals surface area contributed by atoms with Crippen molar-refractivity contribution in [1.82, 2.24) is 4.98 Å². The van der Waals surface area contributed by atoms with E-state index in [1.807, 2.05) is 18.5 Å². The van der Waals surface area contributed by atoms with Crippen molar-refractivity contribution in [2.45, 2.75) is 27.2 Å². The lowest BCUT2D eigenvalue weighted by Crippen LogP contribution is -1.86. The predicted octanol–water partition coefficient (Wildman–Crippen LogP) is 3.29. The zero-order valence-corrected chi connectivity index (χ0v) is 7.96. The number of pyridine rings is 1. The third-order valence-electron chi connectivity index (χ3n) is 1.97. The van der Waals surface area contributed by atoms with E-state index in [1.165, 1.54) is 16.7 Å². The van der Waals surface area contributed by atoms with E-state index in [0.29, 0.717) is 0 Å². The maximum atomic E-state index is 4.10. The largest absolute Gasteiger partial charge is 0.264 e. The van der Waals surface area contributed by atoms with E-state index in [2.05, 4.69) is 31.8 Å². The minimum atomic E-state index is 1.08.